The summed E-state index contributed by atoms with van der Waals surface area (Å²) in [6, 6.07) is 7.77. The van der Waals surface area contributed by atoms with Crippen molar-refractivity contribution >= 4 is 11.3 Å². The van der Waals surface area contributed by atoms with E-state index < -0.39 is 0 Å². The lowest BCUT2D eigenvalue weighted by Gasteiger charge is -2.02. The molecule has 0 spiro atoms. The molecule has 0 aliphatic carbocycles. The third-order valence-electron chi connectivity index (χ3n) is 2.24. The highest BCUT2D eigenvalue weighted by atomic mass is 32.1. The first-order valence-electron chi connectivity index (χ1n) is 5.53. The second-order valence-corrected chi connectivity index (χ2v) is 4.70. The van der Waals surface area contributed by atoms with E-state index in [1.807, 2.05) is 38.1 Å². The van der Waals surface area contributed by atoms with Gasteiger partial charge in [0.2, 0.25) is 0 Å². The van der Waals surface area contributed by atoms with Crippen molar-refractivity contribution in [2.24, 2.45) is 5.73 Å². The predicted molar refractivity (Wildman–Crippen MR) is 69.1 cm³/mol. The van der Waals surface area contributed by atoms with E-state index in [0.29, 0.717) is 6.61 Å². The van der Waals surface area contributed by atoms with E-state index in [4.69, 9.17) is 10.5 Å². The molecule has 0 saturated heterocycles. The molecule has 2 rings (SSSR count). The van der Waals surface area contributed by atoms with Crippen molar-refractivity contribution in [3.05, 3.63) is 29.3 Å². The minimum atomic E-state index is -0.0658. The lowest BCUT2D eigenvalue weighted by Crippen LogP contribution is -2.03. The largest absolute Gasteiger partial charge is 0.494 e. The van der Waals surface area contributed by atoms with Gasteiger partial charge in [0.05, 0.1) is 12.6 Å². The second kappa shape index (κ2) is 5.25. The van der Waals surface area contributed by atoms with Crippen LogP contribution in [0.2, 0.25) is 0 Å². The van der Waals surface area contributed by atoms with E-state index in [-0.39, 0.29) is 6.04 Å². The molecule has 0 bridgehead atoms. The van der Waals surface area contributed by atoms with E-state index in [9.17, 15) is 0 Å². The Kier molecular flexibility index (Phi) is 3.71. The Morgan fingerprint density at radius 3 is 2.53 bits per heavy atom. The molecule has 1 heterocycles. The van der Waals surface area contributed by atoms with Gasteiger partial charge in [0, 0.05) is 5.56 Å². The van der Waals surface area contributed by atoms with Gasteiger partial charge in [0.1, 0.15) is 15.8 Å². The minimum Gasteiger partial charge on any atom is -0.494 e. The lowest BCUT2D eigenvalue weighted by molar-refractivity contribution is 0.340. The third kappa shape index (κ3) is 2.81. The van der Waals surface area contributed by atoms with Crippen molar-refractivity contribution in [2.45, 2.75) is 19.9 Å². The summed E-state index contributed by atoms with van der Waals surface area (Å²) in [6.45, 7) is 4.54. The Bertz CT molecular complexity index is 479. The fourth-order valence-corrected chi connectivity index (χ4v) is 2.20. The number of hydrogen-bond donors (Lipinski definition) is 1. The van der Waals surface area contributed by atoms with Gasteiger partial charge in [-0.1, -0.05) is 11.3 Å². The average Bonchev–Trinajstić information content (AvgIpc) is 2.80. The van der Waals surface area contributed by atoms with Gasteiger partial charge in [-0.3, -0.25) is 0 Å². The SMILES string of the molecule is CCOc1ccc(-c2nnc(C(C)N)s2)cc1. The van der Waals surface area contributed by atoms with E-state index in [0.717, 1.165) is 21.3 Å². The predicted octanol–water partition coefficient (Wildman–Crippen LogP) is 2.62. The zero-order valence-corrected chi connectivity index (χ0v) is 10.7. The molecule has 17 heavy (non-hydrogen) atoms. The molecular formula is C12H15N3OS. The highest BCUT2D eigenvalue weighted by Crippen LogP contribution is 2.27. The lowest BCUT2D eigenvalue weighted by atomic mass is 10.2. The van der Waals surface area contributed by atoms with Crippen LogP contribution < -0.4 is 10.5 Å². The summed E-state index contributed by atoms with van der Waals surface area (Å²) in [6.07, 6.45) is 0. The molecule has 0 fully saturated rings. The zero-order chi connectivity index (χ0) is 12.3. The molecule has 1 atom stereocenters. The van der Waals surface area contributed by atoms with Gasteiger partial charge in [0.15, 0.2) is 0 Å². The van der Waals surface area contributed by atoms with E-state index in [2.05, 4.69) is 10.2 Å². The molecule has 5 heteroatoms. The summed E-state index contributed by atoms with van der Waals surface area (Å²) in [4.78, 5) is 0. The number of benzene rings is 1. The molecule has 0 amide bonds. The monoisotopic (exact) mass is 249 g/mol. The summed E-state index contributed by atoms with van der Waals surface area (Å²) in [5.41, 5.74) is 6.80. The smallest absolute Gasteiger partial charge is 0.147 e. The van der Waals surface area contributed by atoms with Crippen molar-refractivity contribution in [1.29, 1.82) is 0 Å². The Morgan fingerprint density at radius 2 is 2.00 bits per heavy atom. The van der Waals surface area contributed by atoms with Gasteiger partial charge in [-0.2, -0.15) is 0 Å². The van der Waals surface area contributed by atoms with Crippen LogP contribution in [0.5, 0.6) is 5.75 Å². The molecule has 2 aromatic rings. The fraction of sp³-hybridized carbons (Fsp3) is 0.333. The fourth-order valence-electron chi connectivity index (χ4n) is 1.40. The summed E-state index contributed by atoms with van der Waals surface area (Å²) in [5.74, 6) is 0.869. The maximum Gasteiger partial charge on any atom is 0.147 e. The van der Waals surface area contributed by atoms with Crippen LogP contribution in [0.25, 0.3) is 10.6 Å². The molecular weight excluding hydrogens is 234 g/mol. The standard InChI is InChI=1S/C12H15N3OS/c1-3-16-10-6-4-9(5-7-10)12-15-14-11(17-12)8(2)13/h4-8H,3,13H2,1-2H3. The van der Waals surface area contributed by atoms with Crippen molar-refractivity contribution in [1.82, 2.24) is 10.2 Å². The molecule has 0 aliphatic rings. The van der Waals surface area contributed by atoms with Crippen molar-refractivity contribution in [3.63, 3.8) is 0 Å². The van der Waals surface area contributed by atoms with Gasteiger partial charge in [-0.15, -0.1) is 10.2 Å². The quantitative estimate of drug-likeness (QED) is 0.904. The Hall–Kier alpha value is -1.46. The van der Waals surface area contributed by atoms with Crippen molar-refractivity contribution < 1.29 is 4.74 Å². The van der Waals surface area contributed by atoms with Crippen LogP contribution in [0, 0.1) is 0 Å². The van der Waals surface area contributed by atoms with Crippen LogP contribution in [0.15, 0.2) is 24.3 Å². The zero-order valence-electron chi connectivity index (χ0n) is 9.88. The molecule has 4 nitrogen and oxygen atoms in total. The van der Waals surface area contributed by atoms with Gasteiger partial charge in [0.25, 0.3) is 0 Å². The average molecular weight is 249 g/mol. The number of nitrogens with two attached hydrogens (primary N) is 1. The first kappa shape index (κ1) is 12.0. The number of aromatic nitrogens is 2. The number of hydrogen-bond acceptors (Lipinski definition) is 5. The highest BCUT2D eigenvalue weighted by Gasteiger charge is 2.09. The second-order valence-electron chi connectivity index (χ2n) is 3.69. The summed E-state index contributed by atoms with van der Waals surface area (Å²) in [5, 5.41) is 9.94. The van der Waals surface area contributed by atoms with E-state index >= 15 is 0 Å². The first-order valence-corrected chi connectivity index (χ1v) is 6.34. The normalized spacial score (nSPS) is 12.4. The van der Waals surface area contributed by atoms with Crippen LogP contribution in [0.1, 0.15) is 24.9 Å². The molecule has 0 aliphatic heterocycles. The number of nitrogens with zero attached hydrogens (tertiary/aromatic N) is 2. The highest BCUT2D eigenvalue weighted by molar-refractivity contribution is 7.14. The van der Waals surface area contributed by atoms with Crippen molar-refractivity contribution in [3.8, 4) is 16.3 Å². The third-order valence-corrected chi connectivity index (χ3v) is 3.42. The van der Waals surface area contributed by atoms with Crippen LogP contribution in [-0.2, 0) is 0 Å². The summed E-state index contributed by atoms with van der Waals surface area (Å²) >= 11 is 1.53. The summed E-state index contributed by atoms with van der Waals surface area (Å²) in [7, 11) is 0. The van der Waals surface area contributed by atoms with Crippen LogP contribution in [0.4, 0.5) is 0 Å². The van der Waals surface area contributed by atoms with Crippen LogP contribution in [-0.4, -0.2) is 16.8 Å². The van der Waals surface area contributed by atoms with E-state index in [1.54, 1.807) is 0 Å². The van der Waals surface area contributed by atoms with E-state index in [1.165, 1.54) is 11.3 Å². The molecule has 90 valence electrons. The molecule has 1 unspecified atom stereocenters. The summed E-state index contributed by atoms with van der Waals surface area (Å²) < 4.78 is 5.39. The Morgan fingerprint density at radius 1 is 1.29 bits per heavy atom. The van der Waals surface area contributed by atoms with Gasteiger partial charge < -0.3 is 10.5 Å². The minimum absolute atomic E-state index is 0.0658. The number of ether oxygens (including phenoxy) is 1. The maximum absolute atomic E-state index is 5.76. The first-order chi connectivity index (χ1) is 8.20. The topological polar surface area (TPSA) is 61.0 Å². The van der Waals surface area contributed by atoms with Crippen LogP contribution in [0.3, 0.4) is 0 Å². The van der Waals surface area contributed by atoms with Crippen molar-refractivity contribution in [2.75, 3.05) is 6.61 Å². The number of rotatable bonds is 4. The Labute approximate surface area is 104 Å². The molecule has 2 N–H and O–H groups in total. The van der Waals surface area contributed by atoms with Crippen LogP contribution >= 0.6 is 11.3 Å². The van der Waals surface area contributed by atoms with Gasteiger partial charge in [-0.05, 0) is 38.1 Å². The molecule has 0 radical (unpaired) electrons. The Balaban J connectivity index is 2.21. The maximum atomic E-state index is 5.76. The molecule has 1 aromatic heterocycles. The molecule has 0 saturated carbocycles. The van der Waals surface area contributed by atoms with Gasteiger partial charge in [-0.25, -0.2) is 0 Å². The van der Waals surface area contributed by atoms with Gasteiger partial charge >= 0.3 is 0 Å². The molecule has 1 aromatic carbocycles.